The summed E-state index contributed by atoms with van der Waals surface area (Å²) < 4.78 is 0. The molecule has 0 aromatic rings. The van der Waals surface area contributed by atoms with Gasteiger partial charge in [0, 0.05) is 26.2 Å². The van der Waals surface area contributed by atoms with E-state index in [1.54, 1.807) is 11.8 Å². The van der Waals surface area contributed by atoms with Crippen LogP contribution < -0.4 is 5.32 Å². The van der Waals surface area contributed by atoms with E-state index in [0.717, 1.165) is 0 Å². The predicted octanol–water partition coefficient (Wildman–Crippen LogP) is 0.504. The van der Waals surface area contributed by atoms with Gasteiger partial charge in [0.05, 0.1) is 5.41 Å². The van der Waals surface area contributed by atoms with Crippen molar-refractivity contribution in [2.75, 3.05) is 26.2 Å². The van der Waals surface area contributed by atoms with E-state index in [4.69, 9.17) is 0 Å². The van der Waals surface area contributed by atoms with E-state index in [1.807, 2.05) is 6.92 Å². The number of nitrogens with zero attached hydrogens (tertiary/aromatic N) is 2. The van der Waals surface area contributed by atoms with Crippen molar-refractivity contribution in [3.63, 3.8) is 0 Å². The van der Waals surface area contributed by atoms with Gasteiger partial charge in [-0.15, -0.1) is 0 Å². The van der Waals surface area contributed by atoms with Crippen LogP contribution in [0.15, 0.2) is 0 Å². The van der Waals surface area contributed by atoms with Crippen molar-refractivity contribution < 1.29 is 19.5 Å². The molecule has 2 saturated heterocycles. The summed E-state index contributed by atoms with van der Waals surface area (Å²) >= 11 is 0. The summed E-state index contributed by atoms with van der Waals surface area (Å²) in [6, 6.07) is -0.731. The van der Waals surface area contributed by atoms with Crippen molar-refractivity contribution in [1.29, 1.82) is 0 Å². The molecular formula is C14H23N3O4. The number of aliphatic carboxylic acids is 1. The van der Waals surface area contributed by atoms with Crippen molar-refractivity contribution in [1.82, 2.24) is 15.1 Å². The predicted molar refractivity (Wildman–Crippen MR) is 75.7 cm³/mol. The van der Waals surface area contributed by atoms with Crippen LogP contribution in [0, 0.1) is 5.41 Å². The summed E-state index contributed by atoms with van der Waals surface area (Å²) in [5, 5.41) is 12.2. The molecule has 2 atom stereocenters. The van der Waals surface area contributed by atoms with Gasteiger partial charge in [0.1, 0.15) is 6.04 Å². The Hall–Kier alpha value is -1.79. The van der Waals surface area contributed by atoms with Gasteiger partial charge in [-0.2, -0.15) is 0 Å². The monoisotopic (exact) mass is 297 g/mol. The molecule has 0 radical (unpaired) electrons. The van der Waals surface area contributed by atoms with E-state index in [1.165, 1.54) is 4.90 Å². The van der Waals surface area contributed by atoms with Gasteiger partial charge >= 0.3 is 12.0 Å². The lowest BCUT2D eigenvalue weighted by Crippen LogP contribution is -2.61. The second-order valence-electron chi connectivity index (χ2n) is 5.91. The van der Waals surface area contributed by atoms with Crippen LogP contribution >= 0.6 is 0 Å². The maximum absolute atomic E-state index is 12.6. The molecule has 2 rings (SSSR count). The number of hydrogen-bond acceptors (Lipinski definition) is 3. The van der Waals surface area contributed by atoms with Gasteiger partial charge in [-0.3, -0.25) is 9.59 Å². The van der Waals surface area contributed by atoms with Crippen molar-refractivity contribution in [2.24, 2.45) is 5.41 Å². The fourth-order valence-corrected chi connectivity index (χ4v) is 3.13. The first-order chi connectivity index (χ1) is 9.91. The molecule has 2 aliphatic heterocycles. The molecule has 3 amide bonds. The number of carboxylic acid groups (broad SMARTS) is 1. The Morgan fingerprint density at radius 2 is 2.14 bits per heavy atom. The number of nitrogens with one attached hydrogen (secondary N) is 1. The van der Waals surface area contributed by atoms with Gasteiger partial charge in [-0.1, -0.05) is 6.92 Å². The topological polar surface area (TPSA) is 89.9 Å². The van der Waals surface area contributed by atoms with Gasteiger partial charge in [0.25, 0.3) is 0 Å². The minimum absolute atomic E-state index is 0.161. The highest BCUT2D eigenvalue weighted by Gasteiger charge is 2.43. The fourth-order valence-electron chi connectivity index (χ4n) is 3.13. The molecular weight excluding hydrogens is 274 g/mol. The highest BCUT2D eigenvalue weighted by Crippen LogP contribution is 2.34. The lowest BCUT2D eigenvalue weighted by molar-refractivity contribution is -0.152. The van der Waals surface area contributed by atoms with Crippen molar-refractivity contribution in [3.05, 3.63) is 0 Å². The lowest BCUT2D eigenvalue weighted by Gasteiger charge is -2.43. The van der Waals surface area contributed by atoms with Crippen molar-refractivity contribution in [2.45, 2.75) is 39.2 Å². The van der Waals surface area contributed by atoms with Gasteiger partial charge in [0.2, 0.25) is 5.91 Å². The lowest BCUT2D eigenvalue weighted by atomic mass is 9.78. The van der Waals surface area contributed by atoms with Crippen LogP contribution in [0.4, 0.5) is 4.79 Å². The number of hydrogen-bond donors (Lipinski definition) is 2. The molecule has 0 aromatic carbocycles. The molecule has 0 aliphatic carbocycles. The summed E-state index contributed by atoms with van der Waals surface area (Å²) in [6.45, 7) is 5.23. The Kier molecular flexibility index (Phi) is 4.39. The molecule has 2 N–H and O–H groups in total. The van der Waals surface area contributed by atoms with Gasteiger partial charge in [-0.05, 0) is 26.2 Å². The summed E-state index contributed by atoms with van der Waals surface area (Å²) in [6.07, 6.45) is 1.78. The maximum Gasteiger partial charge on any atom is 0.320 e. The van der Waals surface area contributed by atoms with Gasteiger partial charge in [0.15, 0.2) is 0 Å². The number of piperazine rings is 1. The molecule has 7 heteroatoms. The van der Waals surface area contributed by atoms with Crippen LogP contribution in [0.3, 0.4) is 0 Å². The van der Waals surface area contributed by atoms with E-state index >= 15 is 0 Å². The third-order valence-corrected chi connectivity index (χ3v) is 4.72. The number of carbonyl (C=O) groups is 3. The Morgan fingerprint density at radius 1 is 1.43 bits per heavy atom. The third kappa shape index (κ3) is 2.82. The maximum atomic E-state index is 12.6. The zero-order valence-electron chi connectivity index (χ0n) is 12.6. The molecule has 2 heterocycles. The van der Waals surface area contributed by atoms with E-state index in [-0.39, 0.29) is 18.5 Å². The Morgan fingerprint density at radius 3 is 2.76 bits per heavy atom. The number of amides is 3. The standard InChI is InChI=1S/C14H23N3O4/c1-3-14(12(19)20)5-4-7-16(9-14)13(21)17-8-6-15-11(18)10(17)2/h10H,3-9H2,1-2H3,(H,15,18)(H,19,20). The molecule has 0 aromatic heterocycles. The number of rotatable bonds is 2. The summed E-state index contributed by atoms with van der Waals surface area (Å²) in [5.41, 5.74) is -0.852. The first-order valence-corrected chi connectivity index (χ1v) is 7.48. The zero-order chi connectivity index (χ0) is 15.6. The molecule has 2 fully saturated rings. The molecule has 7 nitrogen and oxygen atoms in total. The summed E-state index contributed by atoms with van der Waals surface area (Å²) in [7, 11) is 0. The normalized spacial score (nSPS) is 30.0. The molecule has 0 spiro atoms. The van der Waals surface area contributed by atoms with Crippen LogP contribution in [0.1, 0.15) is 33.1 Å². The third-order valence-electron chi connectivity index (χ3n) is 4.72. The first-order valence-electron chi connectivity index (χ1n) is 7.48. The minimum Gasteiger partial charge on any atom is -0.481 e. The van der Waals surface area contributed by atoms with Gasteiger partial charge in [-0.25, -0.2) is 4.79 Å². The number of piperidine rings is 1. The highest BCUT2D eigenvalue weighted by molar-refractivity contribution is 5.88. The van der Waals surface area contributed by atoms with Crippen LogP contribution in [0.5, 0.6) is 0 Å². The van der Waals surface area contributed by atoms with E-state index in [0.29, 0.717) is 38.9 Å². The molecule has 0 saturated carbocycles. The Labute approximate surface area is 124 Å². The summed E-state index contributed by atoms with van der Waals surface area (Å²) in [5.74, 6) is -1.00. The molecule has 2 aliphatic rings. The van der Waals surface area contributed by atoms with Crippen LogP contribution in [0.25, 0.3) is 0 Å². The molecule has 0 bridgehead atoms. The Bertz CT molecular complexity index is 454. The van der Waals surface area contributed by atoms with Crippen LogP contribution in [0.2, 0.25) is 0 Å². The smallest absolute Gasteiger partial charge is 0.320 e. The Balaban J connectivity index is 2.12. The van der Waals surface area contributed by atoms with E-state index < -0.39 is 17.4 Å². The first kappa shape index (κ1) is 15.6. The van der Waals surface area contributed by atoms with E-state index in [2.05, 4.69) is 5.32 Å². The molecule has 2 unspecified atom stereocenters. The molecule has 118 valence electrons. The quantitative estimate of drug-likeness (QED) is 0.777. The number of urea groups is 1. The largest absolute Gasteiger partial charge is 0.481 e. The summed E-state index contributed by atoms with van der Waals surface area (Å²) in [4.78, 5) is 39.0. The average molecular weight is 297 g/mol. The highest BCUT2D eigenvalue weighted by atomic mass is 16.4. The van der Waals surface area contributed by atoms with Crippen LogP contribution in [-0.2, 0) is 9.59 Å². The zero-order valence-corrected chi connectivity index (χ0v) is 12.6. The average Bonchev–Trinajstić information content (AvgIpc) is 2.49. The molecule has 21 heavy (non-hydrogen) atoms. The van der Waals surface area contributed by atoms with Crippen molar-refractivity contribution >= 4 is 17.9 Å². The minimum atomic E-state index is -0.852. The SMILES string of the molecule is CCC1(C(=O)O)CCCN(C(=O)N2CCNC(=O)C2C)C1. The number of carbonyl (C=O) groups excluding carboxylic acids is 2. The van der Waals surface area contributed by atoms with Crippen LogP contribution in [-0.4, -0.2) is 65.0 Å². The van der Waals surface area contributed by atoms with E-state index in [9.17, 15) is 19.5 Å². The number of likely N-dealkylation sites (tertiary alicyclic amines) is 1. The van der Waals surface area contributed by atoms with Crippen molar-refractivity contribution in [3.8, 4) is 0 Å². The van der Waals surface area contributed by atoms with Gasteiger partial charge < -0.3 is 20.2 Å². The number of carboxylic acids is 1. The second kappa shape index (κ2) is 5.91. The fraction of sp³-hybridized carbons (Fsp3) is 0.786. The second-order valence-corrected chi connectivity index (χ2v) is 5.91.